The summed E-state index contributed by atoms with van der Waals surface area (Å²) in [6, 6.07) is 0. The van der Waals surface area contributed by atoms with Crippen molar-refractivity contribution >= 4 is 18.5 Å². The van der Waals surface area contributed by atoms with E-state index in [1.807, 2.05) is 14.0 Å². The Morgan fingerprint density at radius 2 is 2.27 bits per heavy atom. The van der Waals surface area contributed by atoms with Crippen LogP contribution in [0.5, 0.6) is 0 Å². The SMILES string of the molecule is CC(S)C(=O)N(C)CC1CC1. The van der Waals surface area contributed by atoms with Gasteiger partial charge in [-0.15, -0.1) is 0 Å². The third-order valence-electron chi connectivity index (χ3n) is 1.96. The molecule has 0 aromatic heterocycles. The van der Waals surface area contributed by atoms with E-state index in [0.29, 0.717) is 0 Å². The molecule has 1 aliphatic carbocycles. The molecule has 0 heterocycles. The average Bonchev–Trinajstić information content (AvgIpc) is 2.69. The summed E-state index contributed by atoms with van der Waals surface area (Å²) in [6.07, 6.45) is 2.58. The lowest BCUT2D eigenvalue weighted by Crippen LogP contribution is -2.33. The second kappa shape index (κ2) is 3.48. The summed E-state index contributed by atoms with van der Waals surface area (Å²) in [7, 11) is 1.85. The highest BCUT2D eigenvalue weighted by molar-refractivity contribution is 7.81. The fraction of sp³-hybridized carbons (Fsp3) is 0.875. The molecule has 1 unspecified atom stereocenters. The van der Waals surface area contributed by atoms with Crippen molar-refractivity contribution in [3.8, 4) is 0 Å². The van der Waals surface area contributed by atoms with Gasteiger partial charge in [0.05, 0.1) is 5.25 Å². The number of thiol groups is 1. The van der Waals surface area contributed by atoms with E-state index >= 15 is 0 Å². The minimum absolute atomic E-state index is 0.139. The molecule has 0 saturated heterocycles. The Hall–Kier alpha value is -0.180. The first-order valence-electron chi connectivity index (χ1n) is 4.04. The van der Waals surface area contributed by atoms with E-state index in [9.17, 15) is 4.79 Å². The van der Waals surface area contributed by atoms with Gasteiger partial charge >= 0.3 is 0 Å². The van der Waals surface area contributed by atoms with Crippen molar-refractivity contribution in [3.05, 3.63) is 0 Å². The first-order chi connectivity index (χ1) is 5.11. The summed E-state index contributed by atoms with van der Waals surface area (Å²) in [6.45, 7) is 2.73. The van der Waals surface area contributed by atoms with E-state index in [-0.39, 0.29) is 11.2 Å². The van der Waals surface area contributed by atoms with Gasteiger partial charge in [0.2, 0.25) is 5.91 Å². The zero-order valence-electron chi connectivity index (χ0n) is 7.08. The summed E-state index contributed by atoms with van der Waals surface area (Å²) in [5.41, 5.74) is 0. The molecule has 11 heavy (non-hydrogen) atoms. The van der Waals surface area contributed by atoms with E-state index in [1.165, 1.54) is 12.8 Å². The van der Waals surface area contributed by atoms with Gasteiger partial charge in [-0.1, -0.05) is 0 Å². The normalized spacial score (nSPS) is 19.5. The highest BCUT2D eigenvalue weighted by atomic mass is 32.1. The Morgan fingerprint density at radius 3 is 2.64 bits per heavy atom. The Balaban J connectivity index is 2.26. The molecule has 1 fully saturated rings. The quantitative estimate of drug-likeness (QED) is 0.635. The molecule has 2 nitrogen and oxygen atoms in total. The minimum Gasteiger partial charge on any atom is -0.345 e. The van der Waals surface area contributed by atoms with Crippen molar-refractivity contribution in [2.45, 2.75) is 25.0 Å². The zero-order valence-corrected chi connectivity index (χ0v) is 7.97. The molecule has 64 valence electrons. The second-order valence-electron chi connectivity index (χ2n) is 3.34. The van der Waals surface area contributed by atoms with Gasteiger partial charge in [0, 0.05) is 13.6 Å². The van der Waals surface area contributed by atoms with Gasteiger partial charge < -0.3 is 4.90 Å². The molecule has 0 spiro atoms. The van der Waals surface area contributed by atoms with Gasteiger partial charge in [0.1, 0.15) is 0 Å². The van der Waals surface area contributed by atoms with Crippen LogP contribution in [0.15, 0.2) is 0 Å². The van der Waals surface area contributed by atoms with Crippen molar-refractivity contribution in [2.75, 3.05) is 13.6 Å². The van der Waals surface area contributed by atoms with Crippen molar-refractivity contribution in [3.63, 3.8) is 0 Å². The average molecular weight is 173 g/mol. The summed E-state index contributed by atoms with van der Waals surface area (Å²) in [5, 5.41) is -0.154. The fourth-order valence-electron chi connectivity index (χ4n) is 1.10. The van der Waals surface area contributed by atoms with E-state index in [0.717, 1.165) is 12.5 Å². The summed E-state index contributed by atoms with van der Waals surface area (Å²) < 4.78 is 0. The Bertz CT molecular complexity index is 154. The third-order valence-corrected chi connectivity index (χ3v) is 2.18. The van der Waals surface area contributed by atoms with Crippen molar-refractivity contribution in [1.82, 2.24) is 4.90 Å². The molecule has 0 bridgehead atoms. The van der Waals surface area contributed by atoms with Crippen LogP contribution in [0.4, 0.5) is 0 Å². The monoisotopic (exact) mass is 173 g/mol. The fourth-order valence-corrected chi connectivity index (χ4v) is 1.29. The molecule has 0 aliphatic heterocycles. The first kappa shape index (κ1) is 8.91. The van der Waals surface area contributed by atoms with Crippen LogP contribution in [0.2, 0.25) is 0 Å². The standard InChI is InChI=1S/C8H15NOS/c1-6(11)8(10)9(2)5-7-3-4-7/h6-7,11H,3-5H2,1-2H3. The lowest BCUT2D eigenvalue weighted by molar-refractivity contribution is -0.129. The highest BCUT2D eigenvalue weighted by Gasteiger charge is 2.25. The molecule has 1 aliphatic rings. The highest BCUT2D eigenvalue weighted by Crippen LogP contribution is 2.29. The van der Waals surface area contributed by atoms with Crippen LogP contribution in [-0.4, -0.2) is 29.6 Å². The van der Waals surface area contributed by atoms with Crippen molar-refractivity contribution < 1.29 is 4.79 Å². The predicted molar refractivity (Wildman–Crippen MR) is 48.8 cm³/mol. The molecule has 0 aromatic rings. The summed E-state index contributed by atoms with van der Waals surface area (Å²) >= 11 is 4.08. The zero-order chi connectivity index (χ0) is 8.43. The largest absolute Gasteiger partial charge is 0.345 e. The van der Waals surface area contributed by atoms with Crippen LogP contribution < -0.4 is 0 Å². The maximum absolute atomic E-state index is 11.3. The molecule has 0 radical (unpaired) electrons. The van der Waals surface area contributed by atoms with Gasteiger partial charge in [-0.2, -0.15) is 12.6 Å². The van der Waals surface area contributed by atoms with Crippen LogP contribution in [0, 0.1) is 5.92 Å². The van der Waals surface area contributed by atoms with Gasteiger partial charge in [-0.05, 0) is 25.7 Å². The Kier molecular flexibility index (Phi) is 2.82. The molecule has 3 heteroatoms. The first-order valence-corrected chi connectivity index (χ1v) is 4.56. The molecule has 1 atom stereocenters. The van der Waals surface area contributed by atoms with Gasteiger partial charge in [0.25, 0.3) is 0 Å². The predicted octanol–water partition coefficient (Wildman–Crippen LogP) is 1.17. The lowest BCUT2D eigenvalue weighted by atomic mass is 10.3. The molecule has 1 rings (SSSR count). The van der Waals surface area contributed by atoms with Crippen LogP contribution in [0.25, 0.3) is 0 Å². The summed E-state index contributed by atoms with van der Waals surface area (Å²) in [5.74, 6) is 0.913. The number of rotatable bonds is 3. The van der Waals surface area contributed by atoms with E-state index in [2.05, 4.69) is 12.6 Å². The summed E-state index contributed by atoms with van der Waals surface area (Å²) in [4.78, 5) is 13.0. The molecule has 1 saturated carbocycles. The maximum Gasteiger partial charge on any atom is 0.234 e. The van der Waals surface area contributed by atoms with Gasteiger partial charge in [-0.25, -0.2) is 0 Å². The van der Waals surface area contributed by atoms with Crippen LogP contribution in [0.3, 0.4) is 0 Å². The number of hydrogen-bond acceptors (Lipinski definition) is 2. The van der Waals surface area contributed by atoms with Crippen LogP contribution in [0.1, 0.15) is 19.8 Å². The van der Waals surface area contributed by atoms with Gasteiger partial charge in [-0.3, -0.25) is 4.79 Å². The lowest BCUT2D eigenvalue weighted by Gasteiger charge is -2.18. The molecule has 0 aromatic carbocycles. The number of amides is 1. The second-order valence-corrected chi connectivity index (χ2v) is 4.11. The van der Waals surface area contributed by atoms with Crippen molar-refractivity contribution in [2.24, 2.45) is 5.92 Å². The molecule has 1 amide bonds. The Morgan fingerprint density at radius 1 is 1.73 bits per heavy atom. The number of carbonyl (C=O) groups excluding carboxylic acids is 1. The van der Waals surface area contributed by atoms with E-state index in [4.69, 9.17) is 0 Å². The van der Waals surface area contributed by atoms with Crippen LogP contribution in [-0.2, 0) is 4.79 Å². The van der Waals surface area contributed by atoms with E-state index < -0.39 is 0 Å². The smallest absolute Gasteiger partial charge is 0.234 e. The van der Waals surface area contributed by atoms with Crippen molar-refractivity contribution in [1.29, 1.82) is 0 Å². The molecular weight excluding hydrogens is 158 g/mol. The number of carbonyl (C=O) groups is 1. The number of hydrogen-bond donors (Lipinski definition) is 1. The minimum atomic E-state index is -0.154. The maximum atomic E-state index is 11.3. The Labute approximate surface area is 73.4 Å². The third kappa shape index (κ3) is 2.73. The number of nitrogens with zero attached hydrogens (tertiary/aromatic N) is 1. The topological polar surface area (TPSA) is 20.3 Å². The molecule has 0 N–H and O–H groups in total. The van der Waals surface area contributed by atoms with E-state index in [1.54, 1.807) is 4.90 Å². The van der Waals surface area contributed by atoms with Crippen LogP contribution >= 0.6 is 12.6 Å². The van der Waals surface area contributed by atoms with Gasteiger partial charge in [0.15, 0.2) is 0 Å². The molecular formula is C8H15NOS.